The van der Waals surface area contributed by atoms with Gasteiger partial charge in [0.1, 0.15) is 6.54 Å². The van der Waals surface area contributed by atoms with Crippen LogP contribution in [0.25, 0.3) is 0 Å². The first kappa shape index (κ1) is 17.0. The van der Waals surface area contributed by atoms with E-state index in [-0.39, 0.29) is 30.3 Å². The molecule has 1 aliphatic carbocycles. The number of hydrogen-bond donors (Lipinski definition) is 2. The highest BCUT2D eigenvalue weighted by Gasteiger charge is 2.20. The van der Waals surface area contributed by atoms with Crippen LogP contribution in [0.1, 0.15) is 39.5 Å². The predicted octanol–water partition coefficient (Wildman–Crippen LogP) is 2.06. The van der Waals surface area contributed by atoms with Gasteiger partial charge in [-0.05, 0) is 37.1 Å². The molecule has 0 saturated heterocycles. The van der Waals surface area contributed by atoms with E-state index in [4.69, 9.17) is 0 Å². The van der Waals surface area contributed by atoms with E-state index < -0.39 is 0 Å². The average Bonchev–Trinajstić information content (AvgIpc) is 2.98. The number of nitrogens with one attached hydrogen (secondary N) is 2. The Morgan fingerprint density at radius 3 is 2.22 bits per heavy atom. The third-order valence-electron chi connectivity index (χ3n) is 3.90. The van der Waals surface area contributed by atoms with Crippen molar-refractivity contribution < 1.29 is 14.4 Å². The first-order valence-electron chi connectivity index (χ1n) is 7.91. The zero-order valence-corrected chi connectivity index (χ0v) is 13.6. The van der Waals surface area contributed by atoms with Gasteiger partial charge in [-0.1, -0.05) is 12.8 Å². The second kappa shape index (κ2) is 7.76. The SMILES string of the molecule is CC(=O)Nc1ccc(N(CC(=O)NC2CCCC2)C(C)=O)cc1. The fourth-order valence-corrected chi connectivity index (χ4v) is 2.80. The summed E-state index contributed by atoms with van der Waals surface area (Å²) in [5, 5.41) is 5.65. The lowest BCUT2D eigenvalue weighted by Crippen LogP contribution is -2.43. The van der Waals surface area contributed by atoms with Crippen LogP contribution in [-0.4, -0.2) is 30.3 Å². The van der Waals surface area contributed by atoms with E-state index in [1.165, 1.54) is 18.7 Å². The Morgan fingerprint density at radius 1 is 1.09 bits per heavy atom. The predicted molar refractivity (Wildman–Crippen MR) is 89.2 cm³/mol. The van der Waals surface area contributed by atoms with Crippen LogP contribution in [0, 0.1) is 0 Å². The van der Waals surface area contributed by atoms with Gasteiger partial charge < -0.3 is 15.5 Å². The molecular formula is C17H23N3O3. The summed E-state index contributed by atoms with van der Waals surface area (Å²) in [6.45, 7) is 2.87. The van der Waals surface area contributed by atoms with Gasteiger partial charge in [0.25, 0.3) is 0 Å². The van der Waals surface area contributed by atoms with Gasteiger partial charge in [-0.2, -0.15) is 0 Å². The van der Waals surface area contributed by atoms with E-state index in [0.29, 0.717) is 11.4 Å². The smallest absolute Gasteiger partial charge is 0.240 e. The molecule has 6 heteroatoms. The van der Waals surface area contributed by atoms with Crippen molar-refractivity contribution in [3.63, 3.8) is 0 Å². The fourth-order valence-electron chi connectivity index (χ4n) is 2.80. The van der Waals surface area contributed by atoms with E-state index in [1.54, 1.807) is 24.3 Å². The van der Waals surface area contributed by atoms with Gasteiger partial charge in [0, 0.05) is 31.3 Å². The molecule has 23 heavy (non-hydrogen) atoms. The summed E-state index contributed by atoms with van der Waals surface area (Å²) in [5.41, 5.74) is 1.29. The topological polar surface area (TPSA) is 78.5 Å². The number of amides is 3. The molecule has 0 atom stereocenters. The van der Waals surface area contributed by atoms with Gasteiger partial charge in [0.15, 0.2) is 0 Å². The molecule has 0 bridgehead atoms. The van der Waals surface area contributed by atoms with Gasteiger partial charge in [-0.3, -0.25) is 14.4 Å². The maximum atomic E-state index is 12.1. The molecule has 2 N–H and O–H groups in total. The van der Waals surface area contributed by atoms with E-state index in [2.05, 4.69) is 10.6 Å². The molecule has 124 valence electrons. The molecule has 0 heterocycles. The normalized spacial score (nSPS) is 14.3. The third-order valence-corrected chi connectivity index (χ3v) is 3.90. The van der Waals surface area contributed by atoms with Crippen LogP contribution in [0.3, 0.4) is 0 Å². The standard InChI is InChI=1S/C17H23N3O3/c1-12(21)18-15-7-9-16(10-8-15)20(13(2)22)11-17(23)19-14-5-3-4-6-14/h7-10,14H,3-6,11H2,1-2H3,(H,18,21)(H,19,23). The van der Waals surface area contributed by atoms with E-state index in [9.17, 15) is 14.4 Å². The Hall–Kier alpha value is -2.37. The van der Waals surface area contributed by atoms with Crippen LogP contribution in [0.2, 0.25) is 0 Å². The van der Waals surface area contributed by atoms with E-state index in [1.807, 2.05) is 0 Å². The summed E-state index contributed by atoms with van der Waals surface area (Å²) in [6.07, 6.45) is 4.31. The third kappa shape index (κ3) is 5.09. The Bertz CT molecular complexity index is 577. The van der Waals surface area contributed by atoms with Gasteiger partial charge in [-0.25, -0.2) is 0 Å². The zero-order chi connectivity index (χ0) is 16.8. The lowest BCUT2D eigenvalue weighted by atomic mass is 10.2. The molecular weight excluding hydrogens is 294 g/mol. The number of anilines is 2. The molecule has 1 saturated carbocycles. The van der Waals surface area contributed by atoms with Crippen LogP contribution in [-0.2, 0) is 14.4 Å². The van der Waals surface area contributed by atoms with Crippen LogP contribution >= 0.6 is 0 Å². The maximum Gasteiger partial charge on any atom is 0.240 e. The molecule has 1 fully saturated rings. The summed E-state index contributed by atoms with van der Waals surface area (Å²) < 4.78 is 0. The average molecular weight is 317 g/mol. The van der Waals surface area contributed by atoms with Crippen LogP contribution in [0.5, 0.6) is 0 Å². The molecule has 2 rings (SSSR count). The van der Waals surface area contributed by atoms with Crippen molar-refractivity contribution in [2.45, 2.75) is 45.6 Å². The van der Waals surface area contributed by atoms with Crippen molar-refractivity contribution in [2.24, 2.45) is 0 Å². The Kier molecular flexibility index (Phi) is 5.73. The minimum absolute atomic E-state index is 0.00527. The molecule has 1 aromatic carbocycles. The zero-order valence-electron chi connectivity index (χ0n) is 13.6. The Balaban J connectivity index is 2.01. The Labute approximate surface area is 136 Å². The number of carbonyl (C=O) groups is 3. The summed E-state index contributed by atoms with van der Waals surface area (Å²) in [4.78, 5) is 36.4. The minimum Gasteiger partial charge on any atom is -0.352 e. The molecule has 1 aliphatic rings. The van der Waals surface area contributed by atoms with Crippen molar-refractivity contribution >= 4 is 29.1 Å². The van der Waals surface area contributed by atoms with Crippen molar-refractivity contribution in [3.8, 4) is 0 Å². The van der Waals surface area contributed by atoms with Crippen LogP contribution in [0.15, 0.2) is 24.3 Å². The van der Waals surface area contributed by atoms with Gasteiger partial charge >= 0.3 is 0 Å². The maximum absolute atomic E-state index is 12.1. The quantitative estimate of drug-likeness (QED) is 0.872. The van der Waals surface area contributed by atoms with E-state index >= 15 is 0 Å². The summed E-state index contributed by atoms with van der Waals surface area (Å²) in [5.74, 6) is -0.492. The van der Waals surface area contributed by atoms with Gasteiger partial charge in [-0.15, -0.1) is 0 Å². The summed E-state index contributed by atoms with van der Waals surface area (Å²) in [7, 11) is 0. The number of hydrogen-bond acceptors (Lipinski definition) is 3. The molecule has 0 spiro atoms. The molecule has 1 aromatic rings. The molecule has 0 radical (unpaired) electrons. The van der Waals surface area contributed by atoms with Crippen LogP contribution < -0.4 is 15.5 Å². The van der Waals surface area contributed by atoms with Gasteiger partial charge in [0.05, 0.1) is 0 Å². The Morgan fingerprint density at radius 2 is 1.70 bits per heavy atom. The minimum atomic E-state index is -0.196. The summed E-state index contributed by atoms with van der Waals surface area (Å²) >= 11 is 0. The molecule has 3 amide bonds. The molecule has 0 aliphatic heterocycles. The van der Waals surface area contributed by atoms with E-state index in [0.717, 1.165) is 25.7 Å². The van der Waals surface area contributed by atoms with Crippen LogP contribution in [0.4, 0.5) is 11.4 Å². The van der Waals surface area contributed by atoms with Crippen molar-refractivity contribution in [1.29, 1.82) is 0 Å². The first-order chi connectivity index (χ1) is 11.0. The second-order valence-corrected chi connectivity index (χ2v) is 5.88. The lowest BCUT2D eigenvalue weighted by Gasteiger charge is -2.22. The van der Waals surface area contributed by atoms with Crippen molar-refractivity contribution in [2.75, 3.05) is 16.8 Å². The number of rotatable bonds is 5. The highest BCUT2D eigenvalue weighted by atomic mass is 16.2. The summed E-state index contributed by atoms with van der Waals surface area (Å²) in [6, 6.07) is 7.09. The molecule has 0 aromatic heterocycles. The van der Waals surface area contributed by atoms with Crippen molar-refractivity contribution in [3.05, 3.63) is 24.3 Å². The second-order valence-electron chi connectivity index (χ2n) is 5.88. The number of nitrogens with zero attached hydrogens (tertiary/aromatic N) is 1. The monoisotopic (exact) mass is 317 g/mol. The highest BCUT2D eigenvalue weighted by molar-refractivity contribution is 5.98. The highest BCUT2D eigenvalue weighted by Crippen LogP contribution is 2.19. The molecule has 0 unspecified atom stereocenters. The largest absolute Gasteiger partial charge is 0.352 e. The lowest BCUT2D eigenvalue weighted by molar-refractivity contribution is -0.123. The number of benzene rings is 1. The first-order valence-corrected chi connectivity index (χ1v) is 7.91. The molecule has 6 nitrogen and oxygen atoms in total. The number of carbonyl (C=O) groups excluding carboxylic acids is 3. The fraction of sp³-hybridized carbons (Fsp3) is 0.471. The van der Waals surface area contributed by atoms with Gasteiger partial charge in [0.2, 0.25) is 17.7 Å². The van der Waals surface area contributed by atoms with Crippen molar-refractivity contribution in [1.82, 2.24) is 5.32 Å².